The molecule has 0 aliphatic heterocycles. The number of hydrogen-bond donors (Lipinski definition) is 1. The van der Waals surface area contributed by atoms with Crippen LogP contribution >= 0.6 is 11.3 Å². The van der Waals surface area contributed by atoms with Crippen molar-refractivity contribution in [1.82, 2.24) is 14.5 Å². The molecular formula is C17H24N4O3S2. The number of anilines is 1. The summed E-state index contributed by atoms with van der Waals surface area (Å²) in [4.78, 5) is 12.4. The van der Waals surface area contributed by atoms with E-state index >= 15 is 0 Å². The number of carbonyl (C=O) groups excluding carboxylic acids is 1. The third-order valence-electron chi connectivity index (χ3n) is 4.12. The number of carbonyl (C=O) groups is 1. The Balaban J connectivity index is 2.02. The summed E-state index contributed by atoms with van der Waals surface area (Å²) in [6, 6.07) is 6.51. The van der Waals surface area contributed by atoms with Crippen LogP contribution in [0, 0.1) is 6.92 Å². The summed E-state index contributed by atoms with van der Waals surface area (Å²) in [6.07, 6.45) is 1.91. The van der Waals surface area contributed by atoms with Gasteiger partial charge in [-0.1, -0.05) is 42.9 Å². The molecule has 1 aromatic carbocycles. The minimum Gasteiger partial charge on any atom is -0.299 e. The number of amides is 1. The van der Waals surface area contributed by atoms with Gasteiger partial charge >= 0.3 is 0 Å². The van der Waals surface area contributed by atoms with E-state index in [4.69, 9.17) is 0 Å². The molecule has 2 rings (SSSR count). The second-order valence-corrected chi connectivity index (χ2v) is 9.14. The first-order valence-corrected chi connectivity index (χ1v) is 10.7. The van der Waals surface area contributed by atoms with Crippen LogP contribution < -0.4 is 5.32 Å². The van der Waals surface area contributed by atoms with Gasteiger partial charge < -0.3 is 0 Å². The molecule has 0 atom stereocenters. The smallest absolute Gasteiger partial charge is 0.243 e. The largest absolute Gasteiger partial charge is 0.299 e. The van der Waals surface area contributed by atoms with Crippen molar-refractivity contribution in [2.24, 2.45) is 0 Å². The molecule has 0 aliphatic carbocycles. The molecule has 0 saturated carbocycles. The average molecular weight is 397 g/mol. The van der Waals surface area contributed by atoms with Gasteiger partial charge in [0.25, 0.3) is 0 Å². The van der Waals surface area contributed by atoms with Crippen LogP contribution in [0.2, 0.25) is 0 Å². The Morgan fingerprint density at radius 2 is 1.81 bits per heavy atom. The standard InChI is InChI=1S/C17H24N4O3S2/c1-5-13(6-2)16-19-20-17(25-16)18-15(22)11-21(4)26(23,24)14-9-7-12(3)8-10-14/h7-10,13H,5-6,11H2,1-4H3,(H,18,20,22). The summed E-state index contributed by atoms with van der Waals surface area (Å²) in [5, 5.41) is 12.0. The molecule has 142 valence electrons. The fraction of sp³-hybridized carbons (Fsp3) is 0.471. The summed E-state index contributed by atoms with van der Waals surface area (Å²) >= 11 is 1.33. The maximum absolute atomic E-state index is 12.5. The molecule has 0 unspecified atom stereocenters. The quantitative estimate of drug-likeness (QED) is 0.740. The highest BCUT2D eigenvalue weighted by atomic mass is 32.2. The summed E-state index contributed by atoms with van der Waals surface area (Å²) in [5.41, 5.74) is 0.967. The van der Waals surface area contributed by atoms with E-state index in [1.54, 1.807) is 12.1 Å². The maximum atomic E-state index is 12.5. The lowest BCUT2D eigenvalue weighted by Gasteiger charge is -2.16. The van der Waals surface area contributed by atoms with E-state index in [1.807, 2.05) is 6.92 Å². The van der Waals surface area contributed by atoms with Gasteiger partial charge in [0.15, 0.2) is 0 Å². The van der Waals surface area contributed by atoms with E-state index in [0.717, 1.165) is 27.7 Å². The Bertz CT molecular complexity index is 843. The monoisotopic (exact) mass is 396 g/mol. The lowest BCUT2D eigenvalue weighted by Crippen LogP contribution is -2.34. The number of hydrogen-bond acceptors (Lipinski definition) is 6. The first kappa shape index (κ1) is 20.5. The van der Waals surface area contributed by atoms with Gasteiger partial charge in [-0.3, -0.25) is 10.1 Å². The molecule has 1 heterocycles. The number of sulfonamides is 1. The molecule has 1 N–H and O–H groups in total. The molecule has 0 spiro atoms. The zero-order valence-electron chi connectivity index (χ0n) is 15.4. The van der Waals surface area contributed by atoms with Crippen molar-refractivity contribution in [2.75, 3.05) is 18.9 Å². The fourth-order valence-electron chi connectivity index (χ4n) is 2.42. The third-order valence-corrected chi connectivity index (χ3v) is 6.94. The molecule has 2 aromatic rings. The Morgan fingerprint density at radius 1 is 1.19 bits per heavy atom. The molecule has 0 radical (unpaired) electrons. The van der Waals surface area contributed by atoms with Crippen LogP contribution in [-0.2, 0) is 14.8 Å². The van der Waals surface area contributed by atoms with Crippen LogP contribution in [0.3, 0.4) is 0 Å². The molecule has 0 bridgehead atoms. The number of aryl methyl sites for hydroxylation is 1. The second-order valence-electron chi connectivity index (χ2n) is 6.08. The summed E-state index contributed by atoms with van der Waals surface area (Å²) in [7, 11) is -2.34. The van der Waals surface area contributed by atoms with Gasteiger partial charge in [-0.25, -0.2) is 8.42 Å². The zero-order valence-corrected chi connectivity index (χ0v) is 17.0. The SMILES string of the molecule is CCC(CC)c1nnc(NC(=O)CN(C)S(=O)(=O)c2ccc(C)cc2)s1. The van der Waals surface area contributed by atoms with Crippen molar-refractivity contribution < 1.29 is 13.2 Å². The molecule has 0 saturated heterocycles. The number of aromatic nitrogens is 2. The van der Waals surface area contributed by atoms with Gasteiger partial charge in [0, 0.05) is 13.0 Å². The molecule has 7 nitrogen and oxygen atoms in total. The van der Waals surface area contributed by atoms with Crippen LogP contribution in [0.1, 0.15) is 43.2 Å². The Morgan fingerprint density at radius 3 is 2.38 bits per heavy atom. The van der Waals surface area contributed by atoms with Crippen LogP contribution in [0.15, 0.2) is 29.2 Å². The van der Waals surface area contributed by atoms with Crippen LogP contribution in [0.25, 0.3) is 0 Å². The number of likely N-dealkylation sites (N-methyl/N-ethyl adjacent to an activating group) is 1. The Kier molecular flexibility index (Phi) is 6.85. The number of rotatable bonds is 8. The van der Waals surface area contributed by atoms with Gasteiger partial charge in [0.1, 0.15) is 5.01 Å². The third kappa shape index (κ3) is 4.87. The normalized spacial score (nSPS) is 11.9. The molecular weight excluding hydrogens is 372 g/mol. The predicted octanol–water partition coefficient (Wildman–Crippen LogP) is 3.01. The van der Waals surface area contributed by atoms with Gasteiger partial charge in [-0.05, 0) is 31.9 Å². The number of benzene rings is 1. The van der Waals surface area contributed by atoms with Crippen molar-refractivity contribution in [3.63, 3.8) is 0 Å². The molecule has 26 heavy (non-hydrogen) atoms. The van der Waals surface area contributed by atoms with Crippen LogP contribution in [0.5, 0.6) is 0 Å². The second kappa shape index (κ2) is 8.70. The van der Waals surface area contributed by atoms with Crippen molar-refractivity contribution in [1.29, 1.82) is 0 Å². The number of nitrogens with one attached hydrogen (secondary N) is 1. The lowest BCUT2D eigenvalue weighted by molar-refractivity contribution is -0.116. The fourth-order valence-corrected chi connectivity index (χ4v) is 4.58. The highest BCUT2D eigenvalue weighted by Gasteiger charge is 2.23. The molecule has 0 aliphatic rings. The average Bonchev–Trinajstić information content (AvgIpc) is 3.04. The van der Waals surface area contributed by atoms with E-state index in [0.29, 0.717) is 11.0 Å². The zero-order chi connectivity index (χ0) is 19.3. The van der Waals surface area contributed by atoms with Gasteiger partial charge in [0.05, 0.1) is 11.4 Å². The molecule has 9 heteroatoms. The summed E-state index contributed by atoms with van der Waals surface area (Å²) in [6.45, 7) is 5.75. The van der Waals surface area contributed by atoms with Crippen LogP contribution in [0.4, 0.5) is 5.13 Å². The van der Waals surface area contributed by atoms with E-state index in [-0.39, 0.29) is 11.4 Å². The molecule has 1 amide bonds. The van der Waals surface area contributed by atoms with E-state index in [1.165, 1.54) is 30.5 Å². The molecule has 0 fully saturated rings. The van der Waals surface area contributed by atoms with Crippen molar-refractivity contribution in [3.05, 3.63) is 34.8 Å². The van der Waals surface area contributed by atoms with Crippen LogP contribution in [-0.4, -0.2) is 42.4 Å². The van der Waals surface area contributed by atoms with Crippen molar-refractivity contribution >= 4 is 32.4 Å². The minimum absolute atomic E-state index is 0.158. The van der Waals surface area contributed by atoms with Gasteiger partial charge in [-0.15, -0.1) is 10.2 Å². The molecule has 1 aromatic heterocycles. The first-order chi connectivity index (χ1) is 12.3. The van der Waals surface area contributed by atoms with E-state index in [2.05, 4.69) is 29.4 Å². The van der Waals surface area contributed by atoms with Gasteiger partial charge in [0.2, 0.25) is 21.1 Å². The van der Waals surface area contributed by atoms with E-state index < -0.39 is 15.9 Å². The Hall–Kier alpha value is -1.84. The van der Waals surface area contributed by atoms with Crippen molar-refractivity contribution in [2.45, 2.75) is 44.4 Å². The predicted molar refractivity (Wildman–Crippen MR) is 103 cm³/mol. The number of nitrogens with zero attached hydrogens (tertiary/aromatic N) is 3. The first-order valence-electron chi connectivity index (χ1n) is 8.44. The Labute approximate surface area is 158 Å². The topological polar surface area (TPSA) is 92.3 Å². The maximum Gasteiger partial charge on any atom is 0.243 e. The highest BCUT2D eigenvalue weighted by Crippen LogP contribution is 2.28. The summed E-state index contributed by atoms with van der Waals surface area (Å²) in [5.74, 6) is -0.127. The van der Waals surface area contributed by atoms with Gasteiger partial charge in [-0.2, -0.15) is 4.31 Å². The lowest BCUT2D eigenvalue weighted by atomic mass is 10.1. The summed E-state index contributed by atoms with van der Waals surface area (Å²) < 4.78 is 26.1. The van der Waals surface area contributed by atoms with E-state index in [9.17, 15) is 13.2 Å². The minimum atomic E-state index is -3.72. The van der Waals surface area contributed by atoms with Crippen molar-refractivity contribution in [3.8, 4) is 0 Å². The highest BCUT2D eigenvalue weighted by molar-refractivity contribution is 7.89.